The van der Waals surface area contributed by atoms with Gasteiger partial charge in [-0.1, -0.05) is 5.21 Å². The molecule has 6 nitrogen and oxygen atoms in total. The number of aromatic nitrogens is 3. The van der Waals surface area contributed by atoms with Gasteiger partial charge in [0.15, 0.2) is 0 Å². The summed E-state index contributed by atoms with van der Waals surface area (Å²) >= 11 is 0. The van der Waals surface area contributed by atoms with E-state index in [1.807, 2.05) is 0 Å². The summed E-state index contributed by atoms with van der Waals surface area (Å²) < 4.78 is 1.40. The number of primary amides is 1. The second kappa shape index (κ2) is 3.53. The van der Waals surface area contributed by atoms with E-state index in [0.29, 0.717) is 5.69 Å². The zero-order chi connectivity index (χ0) is 10.0. The monoisotopic (exact) mass is 183 g/mol. The Balaban J connectivity index is 2.85. The van der Waals surface area contributed by atoms with Crippen molar-refractivity contribution in [3.63, 3.8) is 0 Å². The lowest BCUT2D eigenvalue weighted by Crippen LogP contribution is -2.24. The van der Waals surface area contributed by atoms with Crippen LogP contribution in [-0.4, -0.2) is 20.9 Å². The Kier molecular flexibility index (Phi) is 2.62. The van der Waals surface area contributed by atoms with Crippen LogP contribution >= 0.6 is 0 Å². The van der Waals surface area contributed by atoms with Gasteiger partial charge in [0.1, 0.15) is 6.04 Å². The van der Waals surface area contributed by atoms with E-state index >= 15 is 0 Å². The average molecular weight is 183 g/mol. The van der Waals surface area contributed by atoms with Crippen molar-refractivity contribution in [1.29, 1.82) is 0 Å². The first-order valence-corrected chi connectivity index (χ1v) is 3.99. The van der Waals surface area contributed by atoms with Crippen LogP contribution in [0.5, 0.6) is 0 Å². The molecule has 2 atom stereocenters. The highest BCUT2D eigenvalue weighted by Gasteiger charge is 2.14. The molecule has 0 saturated heterocycles. The number of nitrogens with two attached hydrogens (primary N) is 2. The number of hydrogen-bond acceptors (Lipinski definition) is 4. The lowest BCUT2D eigenvalue weighted by Gasteiger charge is -2.05. The van der Waals surface area contributed by atoms with Crippen LogP contribution < -0.4 is 11.5 Å². The number of hydrogen-bond donors (Lipinski definition) is 2. The maximum absolute atomic E-state index is 10.8. The van der Waals surface area contributed by atoms with Crippen molar-refractivity contribution in [1.82, 2.24) is 15.0 Å². The largest absolute Gasteiger partial charge is 0.368 e. The summed E-state index contributed by atoms with van der Waals surface area (Å²) in [5.41, 5.74) is 11.3. The molecule has 4 N–H and O–H groups in total. The predicted molar refractivity (Wildman–Crippen MR) is 46.5 cm³/mol. The molecule has 1 rings (SSSR count). The molecule has 0 saturated carbocycles. The van der Waals surface area contributed by atoms with Crippen LogP contribution in [0.4, 0.5) is 0 Å². The van der Waals surface area contributed by atoms with Gasteiger partial charge in [0.2, 0.25) is 5.91 Å². The second-order valence-corrected chi connectivity index (χ2v) is 2.99. The van der Waals surface area contributed by atoms with Crippen LogP contribution in [0.2, 0.25) is 0 Å². The molecule has 1 aromatic heterocycles. The number of nitrogens with zero attached hydrogens (tertiary/aromatic N) is 3. The Hall–Kier alpha value is -1.43. The van der Waals surface area contributed by atoms with Crippen LogP contribution in [0, 0.1) is 0 Å². The topological polar surface area (TPSA) is 99.8 Å². The van der Waals surface area contributed by atoms with Gasteiger partial charge in [0.05, 0.1) is 11.9 Å². The molecule has 0 aliphatic carbocycles. The van der Waals surface area contributed by atoms with Gasteiger partial charge in [0.25, 0.3) is 0 Å². The molecule has 2 unspecified atom stereocenters. The Morgan fingerprint density at radius 1 is 1.62 bits per heavy atom. The first kappa shape index (κ1) is 9.66. The molecule has 1 aromatic rings. The Labute approximate surface area is 75.9 Å². The molecule has 6 heteroatoms. The highest BCUT2D eigenvalue weighted by Crippen LogP contribution is 2.07. The normalized spacial score (nSPS) is 15.3. The van der Waals surface area contributed by atoms with Crippen molar-refractivity contribution in [3.05, 3.63) is 11.9 Å². The molecule has 13 heavy (non-hydrogen) atoms. The zero-order valence-corrected chi connectivity index (χ0v) is 7.64. The van der Waals surface area contributed by atoms with Crippen LogP contribution in [0.1, 0.15) is 31.6 Å². The SMILES string of the molecule is CC(N)c1cn(C(C)C(N)=O)nn1. The van der Waals surface area contributed by atoms with Gasteiger partial charge >= 0.3 is 0 Å². The molecule has 0 aliphatic heterocycles. The molecule has 0 radical (unpaired) electrons. The van der Waals surface area contributed by atoms with E-state index in [2.05, 4.69) is 10.3 Å². The van der Waals surface area contributed by atoms with Crippen molar-refractivity contribution in [2.45, 2.75) is 25.9 Å². The fourth-order valence-corrected chi connectivity index (χ4v) is 0.819. The number of carbonyl (C=O) groups excluding carboxylic acids is 1. The number of rotatable bonds is 3. The smallest absolute Gasteiger partial charge is 0.242 e. The van der Waals surface area contributed by atoms with Crippen molar-refractivity contribution in [2.75, 3.05) is 0 Å². The lowest BCUT2D eigenvalue weighted by molar-refractivity contribution is -0.120. The van der Waals surface area contributed by atoms with Crippen LogP contribution in [0.25, 0.3) is 0 Å². The number of carbonyl (C=O) groups is 1. The number of amides is 1. The highest BCUT2D eigenvalue weighted by molar-refractivity contribution is 5.77. The average Bonchev–Trinajstić information content (AvgIpc) is 2.50. The summed E-state index contributed by atoms with van der Waals surface area (Å²) in [5, 5.41) is 7.54. The highest BCUT2D eigenvalue weighted by atomic mass is 16.1. The molecule has 1 heterocycles. The van der Waals surface area contributed by atoms with Gasteiger partial charge in [0, 0.05) is 6.04 Å². The quantitative estimate of drug-likeness (QED) is 0.649. The minimum absolute atomic E-state index is 0.186. The van der Waals surface area contributed by atoms with E-state index in [0.717, 1.165) is 0 Å². The summed E-state index contributed by atoms with van der Waals surface area (Å²) in [6, 6.07) is -0.672. The molecule has 0 fully saturated rings. The van der Waals surface area contributed by atoms with E-state index in [9.17, 15) is 4.79 Å². The minimum Gasteiger partial charge on any atom is -0.368 e. The predicted octanol–water partition coefficient (Wildman–Crippen LogP) is -0.656. The molecule has 0 spiro atoms. The third-order valence-corrected chi connectivity index (χ3v) is 1.80. The summed E-state index contributed by atoms with van der Waals surface area (Å²) in [7, 11) is 0. The molecule has 72 valence electrons. The molecule has 0 aromatic carbocycles. The zero-order valence-electron chi connectivity index (χ0n) is 7.64. The van der Waals surface area contributed by atoms with Gasteiger partial charge in [-0.05, 0) is 13.8 Å². The first-order valence-electron chi connectivity index (χ1n) is 3.99. The van der Waals surface area contributed by atoms with Gasteiger partial charge in [-0.25, -0.2) is 4.68 Å². The summed E-state index contributed by atoms with van der Waals surface area (Å²) in [6.45, 7) is 3.45. The third-order valence-electron chi connectivity index (χ3n) is 1.80. The molecular formula is C7H13N5O. The van der Waals surface area contributed by atoms with Crippen LogP contribution in [0.3, 0.4) is 0 Å². The Bertz CT molecular complexity index is 306. The first-order chi connectivity index (χ1) is 6.02. The van der Waals surface area contributed by atoms with E-state index in [-0.39, 0.29) is 6.04 Å². The second-order valence-electron chi connectivity index (χ2n) is 2.99. The molecule has 0 bridgehead atoms. The van der Waals surface area contributed by atoms with E-state index in [1.54, 1.807) is 20.0 Å². The summed E-state index contributed by atoms with van der Waals surface area (Å²) in [6.07, 6.45) is 1.63. The fraction of sp³-hybridized carbons (Fsp3) is 0.571. The van der Waals surface area contributed by atoms with Gasteiger partial charge < -0.3 is 11.5 Å². The Morgan fingerprint density at radius 2 is 2.23 bits per heavy atom. The Morgan fingerprint density at radius 3 is 2.62 bits per heavy atom. The third kappa shape index (κ3) is 2.03. The van der Waals surface area contributed by atoms with Crippen molar-refractivity contribution in [2.24, 2.45) is 11.5 Å². The summed E-state index contributed by atoms with van der Waals surface area (Å²) in [5.74, 6) is -0.443. The molecular weight excluding hydrogens is 170 g/mol. The standard InChI is InChI=1S/C7H13N5O/c1-4(8)6-3-12(11-10-6)5(2)7(9)13/h3-5H,8H2,1-2H3,(H2,9,13). The van der Waals surface area contributed by atoms with Gasteiger partial charge in [-0.15, -0.1) is 5.10 Å². The maximum Gasteiger partial charge on any atom is 0.242 e. The van der Waals surface area contributed by atoms with Crippen molar-refractivity contribution >= 4 is 5.91 Å². The van der Waals surface area contributed by atoms with E-state index < -0.39 is 11.9 Å². The molecule has 0 aliphatic rings. The lowest BCUT2D eigenvalue weighted by atomic mass is 10.3. The van der Waals surface area contributed by atoms with Crippen LogP contribution in [-0.2, 0) is 4.79 Å². The van der Waals surface area contributed by atoms with Crippen molar-refractivity contribution < 1.29 is 4.79 Å². The van der Waals surface area contributed by atoms with Gasteiger partial charge in [-0.3, -0.25) is 4.79 Å². The summed E-state index contributed by atoms with van der Waals surface area (Å²) in [4.78, 5) is 10.8. The molecule has 1 amide bonds. The fourth-order valence-electron chi connectivity index (χ4n) is 0.819. The van der Waals surface area contributed by atoms with Gasteiger partial charge in [-0.2, -0.15) is 0 Å². The van der Waals surface area contributed by atoms with Crippen LogP contribution in [0.15, 0.2) is 6.20 Å². The minimum atomic E-state index is -0.486. The maximum atomic E-state index is 10.8. The van der Waals surface area contributed by atoms with E-state index in [1.165, 1.54) is 4.68 Å². The van der Waals surface area contributed by atoms with E-state index in [4.69, 9.17) is 11.5 Å². The van der Waals surface area contributed by atoms with Crippen molar-refractivity contribution in [3.8, 4) is 0 Å².